The molecule has 0 saturated heterocycles. The molecule has 0 radical (unpaired) electrons. The molecule has 0 aromatic heterocycles. The van der Waals surface area contributed by atoms with Crippen molar-refractivity contribution in [1.82, 2.24) is 0 Å². The summed E-state index contributed by atoms with van der Waals surface area (Å²) in [6.45, 7) is 4.71. The number of carbonyl (C=O) groups excluding carboxylic acids is 2. The Morgan fingerprint density at radius 3 is 1.50 bits per heavy atom. The van der Waals surface area contributed by atoms with Crippen molar-refractivity contribution < 1.29 is 38.2 Å². The molecule has 0 spiro atoms. The Hall–Kier alpha value is -2.19. The Labute approximate surface area is 320 Å². The quantitative estimate of drug-likeness (QED) is 0.0291. The largest absolute Gasteiger partial charge is 0.477 e. The smallest absolute Gasteiger partial charge is 0.362 e. The normalized spacial score (nSPS) is 13.2. The topological polar surface area (TPSA) is 99.1 Å². The number of esters is 2. The van der Waals surface area contributed by atoms with Gasteiger partial charge in [-0.05, 0) is 44.9 Å². The number of rotatable bonds is 38. The molecule has 0 aromatic rings. The Kier molecular flexibility index (Phi) is 34.3. The fourth-order valence-corrected chi connectivity index (χ4v) is 6.24. The van der Waals surface area contributed by atoms with Gasteiger partial charge in [-0.25, -0.2) is 4.79 Å². The Morgan fingerprint density at radius 2 is 1.02 bits per heavy atom. The number of aliphatic carboxylic acids is 1. The average molecular weight is 737 g/mol. The van der Waals surface area contributed by atoms with Gasteiger partial charge in [-0.15, -0.1) is 0 Å². The van der Waals surface area contributed by atoms with E-state index in [0.29, 0.717) is 19.3 Å². The van der Waals surface area contributed by atoms with Gasteiger partial charge >= 0.3 is 17.9 Å². The molecule has 0 rings (SSSR count). The highest BCUT2D eigenvalue weighted by molar-refractivity contribution is 5.72. The van der Waals surface area contributed by atoms with Gasteiger partial charge in [-0.1, -0.05) is 147 Å². The van der Waals surface area contributed by atoms with E-state index in [4.69, 9.17) is 14.2 Å². The van der Waals surface area contributed by atoms with Gasteiger partial charge in [-0.2, -0.15) is 0 Å². The van der Waals surface area contributed by atoms with Crippen LogP contribution in [0.4, 0.5) is 0 Å². The molecule has 304 valence electrons. The molecule has 8 heteroatoms. The molecular weight excluding hydrogens is 654 g/mol. The van der Waals surface area contributed by atoms with Crippen LogP contribution in [0.5, 0.6) is 0 Å². The summed E-state index contributed by atoms with van der Waals surface area (Å²) in [6, 6.07) is -0.613. The number of allylic oxidation sites excluding steroid dienone is 4. The highest BCUT2D eigenvalue weighted by Crippen LogP contribution is 2.14. The molecule has 52 heavy (non-hydrogen) atoms. The number of hydrogen-bond donors (Lipinski definition) is 1. The Balaban J connectivity index is 4.38. The van der Waals surface area contributed by atoms with Gasteiger partial charge in [0.25, 0.3) is 0 Å². The van der Waals surface area contributed by atoms with Gasteiger partial charge in [0, 0.05) is 19.3 Å². The van der Waals surface area contributed by atoms with Crippen molar-refractivity contribution in [2.75, 3.05) is 41.0 Å². The first kappa shape index (κ1) is 49.8. The summed E-state index contributed by atoms with van der Waals surface area (Å²) in [6.07, 6.45) is 37.8. The van der Waals surface area contributed by atoms with Crippen LogP contribution in [0.25, 0.3) is 0 Å². The second-order valence-corrected chi connectivity index (χ2v) is 15.6. The van der Waals surface area contributed by atoms with E-state index in [-0.39, 0.29) is 36.2 Å². The number of unbranched alkanes of at least 4 members (excludes halogenated alkanes) is 20. The molecule has 0 bridgehead atoms. The van der Waals surface area contributed by atoms with Crippen LogP contribution in [-0.2, 0) is 28.6 Å². The second kappa shape index (κ2) is 35.8. The molecule has 0 aliphatic rings. The summed E-state index contributed by atoms with van der Waals surface area (Å²) in [5.74, 6) is -1.48. The zero-order chi connectivity index (χ0) is 38.5. The van der Waals surface area contributed by atoms with Crippen LogP contribution in [0, 0.1) is 0 Å². The van der Waals surface area contributed by atoms with Crippen molar-refractivity contribution in [3.8, 4) is 0 Å². The maximum absolute atomic E-state index is 12.7. The molecular formula is C44H82NO7+. The fraction of sp³-hybridized carbons (Fsp3) is 0.841. The van der Waals surface area contributed by atoms with Gasteiger partial charge in [-0.3, -0.25) is 9.59 Å². The van der Waals surface area contributed by atoms with Crippen LogP contribution in [0.3, 0.4) is 0 Å². The van der Waals surface area contributed by atoms with E-state index < -0.39 is 18.1 Å². The summed E-state index contributed by atoms with van der Waals surface area (Å²) in [7, 11) is 5.52. The van der Waals surface area contributed by atoms with E-state index in [0.717, 1.165) is 64.2 Å². The standard InChI is InChI=1S/C44H81NO7/c1-6-8-10-12-14-16-18-20-21-22-23-25-27-29-31-33-35-43(47)52-40(38-50-37-36-41(44(48)49)45(3,4)5)39-51-42(46)34-32-30-28-26-24-19-17-15-13-11-9-7-2/h16,18,21-22,40-41H,6-15,17,19-20,23-39H2,1-5H3/p+1/b18-16-,22-21-. The SMILES string of the molecule is CCCCCC/C=C\C/C=C\CCCCCCCC(=O)OC(COCCC(C(=O)O)[N+](C)(C)C)COC(=O)CCCCCCCCCCCCCC. The number of carbonyl (C=O) groups is 3. The summed E-state index contributed by atoms with van der Waals surface area (Å²) < 4.78 is 17.2. The molecule has 2 unspecified atom stereocenters. The minimum Gasteiger partial charge on any atom is -0.477 e. The molecule has 1 N–H and O–H groups in total. The number of ether oxygens (including phenoxy) is 3. The predicted octanol–water partition coefficient (Wildman–Crippen LogP) is 11.3. The van der Waals surface area contributed by atoms with Crippen molar-refractivity contribution in [2.24, 2.45) is 0 Å². The first-order valence-electron chi connectivity index (χ1n) is 21.4. The molecule has 0 aromatic carbocycles. The number of hydrogen-bond acceptors (Lipinski definition) is 6. The second-order valence-electron chi connectivity index (χ2n) is 15.6. The van der Waals surface area contributed by atoms with Gasteiger partial charge in [0.05, 0.1) is 34.4 Å². The summed E-state index contributed by atoms with van der Waals surface area (Å²) in [4.78, 5) is 36.9. The summed E-state index contributed by atoms with van der Waals surface area (Å²) >= 11 is 0. The maximum atomic E-state index is 12.7. The lowest BCUT2D eigenvalue weighted by Gasteiger charge is -2.31. The lowest BCUT2D eigenvalue weighted by molar-refractivity contribution is -0.887. The van der Waals surface area contributed by atoms with Crippen LogP contribution < -0.4 is 0 Å². The molecule has 0 aliphatic carbocycles. The average Bonchev–Trinajstić information content (AvgIpc) is 3.09. The van der Waals surface area contributed by atoms with Crippen LogP contribution >= 0.6 is 0 Å². The maximum Gasteiger partial charge on any atom is 0.362 e. The van der Waals surface area contributed by atoms with E-state index in [9.17, 15) is 19.5 Å². The molecule has 8 nitrogen and oxygen atoms in total. The minimum atomic E-state index is -0.876. The molecule has 0 aliphatic heterocycles. The Bertz CT molecular complexity index is 911. The number of carboxylic acid groups (broad SMARTS) is 1. The third-order valence-corrected chi connectivity index (χ3v) is 9.60. The predicted molar refractivity (Wildman–Crippen MR) is 215 cm³/mol. The van der Waals surface area contributed by atoms with Crippen molar-refractivity contribution in [1.29, 1.82) is 0 Å². The minimum absolute atomic E-state index is 0.0528. The fourth-order valence-electron chi connectivity index (χ4n) is 6.24. The molecule has 0 amide bonds. The zero-order valence-electron chi connectivity index (χ0n) is 34.5. The third-order valence-electron chi connectivity index (χ3n) is 9.60. The Morgan fingerprint density at radius 1 is 0.577 bits per heavy atom. The van der Waals surface area contributed by atoms with Crippen molar-refractivity contribution in [2.45, 2.75) is 199 Å². The first-order valence-corrected chi connectivity index (χ1v) is 21.4. The van der Waals surface area contributed by atoms with Crippen molar-refractivity contribution in [3.05, 3.63) is 24.3 Å². The summed E-state index contributed by atoms with van der Waals surface area (Å²) in [5, 5.41) is 9.60. The first-order chi connectivity index (χ1) is 25.1. The van der Waals surface area contributed by atoms with Crippen LogP contribution in [0.15, 0.2) is 24.3 Å². The van der Waals surface area contributed by atoms with E-state index in [1.54, 1.807) is 0 Å². The van der Waals surface area contributed by atoms with E-state index in [2.05, 4.69) is 38.2 Å². The number of carboxylic acids is 1. The lowest BCUT2D eigenvalue weighted by Crippen LogP contribution is -2.50. The van der Waals surface area contributed by atoms with Crippen LogP contribution in [-0.4, -0.2) is 80.6 Å². The highest BCUT2D eigenvalue weighted by atomic mass is 16.6. The third kappa shape index (κ3) is 33.6. The molecule has 0 heterocycles. The molecule has 2 atom stereocenters. The molecule has 0 fully saturated rings. The zero-order valence-corrected chi connectivity index (χ0v) is 34.5. The number of quaternary nitrogens is 1. The highest BCUT2D eigenvalue weighted by Gasteiger charge is 2.31. The monoisotopic (exact) mass is 737 g/mol. The van der Waals surface area contributed by atoms with Gasteiger partial charge < -0.3 is 23.8 Å². The van der Waals surface area contributed by atoms with Crippen LogP contribution in [0.1, 0.15) is 187 Å². The summed E-state index contributed by atoms with van der Waals surface area (Å²) in [5.41, 5.74) is 0. The number of nitrogens with zero attached hydrogens (tertiary/aromatic N) is 1. The van der Waals surface area contributed by atoms with Gasteiger partial charge in [0.1, 0.15) is 6.61 Å². The van der Waals surface area contributed by atoms with Gasteiger partial charge in [0.15, 0.2) is 12.1 Å². The van der Waals surface area contributed by atoms with Crippen molar-refractivity contribution in [3.63, 3.8) is 0 Å². The van der Waals surface area contributed by atoms with Gasteiger partial charge in [0.2, 0.25) is 0 Å². The van der Waals surface area contributed by atoms with Crippen LogP contribution in [0.2, 0.25) is 0 Å². The van der Waals surface area contributed by atoms with E-state index >= 15 is 0 Å². The van der Waals surface area contributed by atoms with E-state index in [1.165, 1.54) is 89.9 Å². The lowest BCUT2D eigenvalue weighted by atomic mass is 10.0. The van der Waals surface area contributed by atoms with E-state index in [1.807, 2.05) is 21.1 Å². The molecule has 0 saturated carbocycles. The van der Waals surface area contributed by atoms with Crippen molar-refractivity contribution >= 4 is 17.9 Å². The number of likely N-dealkylation sites (N-methyl/N-ethyl adjacent to an activating group) is 1.